The van der Waals surface area contributed by atoms with Gasteiger partial charge in [0, 0.05) is 19.2 Å². The van der Waals surface area contributed by atoms with Crippen molar-refractivity contribution >= 4 is 47.5 Å². The SMILES string of the molecule is CCOC(=O)[C@H](C)NP(=O)(OC[C@H]1OC(n2cnc3c(=O)[nH]c(N)nc32)=C2OC(C)(C)OC21)Oc1cccc2ccccc12. The summed E-state index contributed by atoms with van der Waals surface area (Å²) in [6, 6.07) is 11.7. The highest BCUT2D eigenvalue weighted by molar-refractivity contribution is 7.52. The summed E-state index contributed by atoms with van der Waals surface area (Å²) < 4.78 is 51.1. The molecule has 6 rings (SSSR count). The van der Waals surface area contributed by atoms with E-state index in [1.807, 2.05) is 30.3 Å². The number of esters is 1. The lowest BCUT2D eigenvalue weighted by atomic mass is 10.1. The molecule has 1 saturated heterocycles. The van der Waals surface area contributed by atoms with E-state index in [4.69, 9.17) is 33.7 Å². The second-order valence-corrected chi connectivity index (χ2v) is 12.3. The number of rotatable bonds is 10. The summed E-state index contributed by atoms with van der Waals surface area (Å²) in [6.07, 6.45) is -0.353. The van der Waals surface area contributed by atoms with E-state index in [9.17, 15) is 14.2 Å². The number of aromatic nitrogens is 4. The van der Waals surface area contributed by atoms with Crippen LogP contribution in [0.2, 0.25) is 0 Å². The van der Waals surface area contributed by atoms with Gasteiger partial charge in [-0.2, -0.15) is 10.1 Å². The lowest BCUT2D eigenvalue weighted by Gasteiger charge is -2.26. The van der Waals surface area contributed by atoms with Crippen LogP contribution in [0.3, 0.4) is 0 Å². The Bertz CT molecular complexity index is 1880. The van der Waals surface area contributed by atoms with E-state index >= 15 is 0 Å². The van der Waals surface area contributed by atoms with Gasteiger partial charge >= 0.3 is 13.7 Å². The van der Waals surface area contributed by atoms with Crippen LogP contribution in [-0.2, 0) is 32.8 Å². The van der Waals surface area contributed by atoms with Gasteiger partial charge in [-0.1, -0.05) is 36.4 Å². The minimum Gasteiger partial charge on any atom is -0.467 e. The predicted molar refractivity (Wildman–Crippen MR) is 158 cm³/mol. The van der Waals surface area contributed by atoms with E-state index in [-0.39, 0.29) is 42.0 Å². The van der Waals surface area contributed by atoms with Crippen LogP contribution < -0.4 is 20.9 Å². The number of carbonyl (C=O) groups excluding carboxylic acids is 1. The van der Waals surface area contributed by atoms with Crippen molar-refractivity contribution in [3.05, 3.63) is 64.9 Å². The number of H-pyrrole nitrogens is 1. The zero-order chi connectivity index (χ0) is 31.2. The number of benzene rings is 2. The number of anilines is 1. The summed E-state index contributed by atoms with van der Waals surface area (Å²) in [6.45, 7) is 6.41. The van der Waals surface area contributed by atoms with E-state index in [0.29, 0.717) is 11.1 Å². The third-order valence-electron chi connectivity index (χ3n) is 6.85. The molecule has 4 heterocycles. The molecular formula is C28H31N6O9P. The van der Waals surface area contributed by atoms with Crippen molar-refractivity contribution < 1.29 is 37.4 Å². The molecule has 2 aromatic heterocycles. The maximum Gasteiger partial charge on any atom is 0.459 e. The molecule has 4 aromatic rings. The summed E-state index contributed by atoms with van der Waals surface area (Å²) in [5, 5.41) is 4.23. The second kappa shape index (κ2) is 11.2. The maximum absolute atomic E-state index is 14.3. The van der Waals surface area contributed by atoms with Gasteiger partial charge in [0.1, 0.15) is 18.1 Å². The Hall–Kier alpha value is -4.43. The van der Waals surface area contributed by atoms with Crippen LogP contribution >= 0.6 is 7.75 Å². The molecule has 0 radical (unpaired) electrons. The molecule has 2 aromatic carbocycles. The lowest BCUT2D eigenvalue weighted by molar-refractivity contribution is -0.154. The number of nitrogen functional groups attached to an aromatic ring is 1. The standard InChI is InChI=1S/C28H31N6O9P/c1-5-38-26(36)15(2)33-44(37,43-18-12-8-10-16-9-6-7-11-17(16)18)39-13-19-21-22(42-28(3,4)41-21)25(40-19)34-14-30-20-23(34)31-27(29)32-24(20)35/h6-12,14-15,19,21H,5,13H2,1-4H3,(H,33,37)(H3,29,31,32,35)/t15-,19+,21?,44?/m0/s1. The van der Waals surface area contributed by atoms with Gasteiger partial charge in [0.25, 0.3) is 5.56 Å². The third-order valence-corrected chi connectivity index (χ3v) is 8.48. The van der Waals surface area contributed by atoms with Gasteiger partial charge in [0.2, 0.25) is 17.6 Å². The average molecular weight is 627 g/mol. The van der Waals surface area contributed by atoms with Crippen LogP contribution in [0.4, 0.5) is 5.95 Å². The van der Waals surface area contributed by atoms with Crippen LogP contribution in [-0.4, -0.2) is 62.7 Å². The summed E-state index contributed by atoms with van der Waals surface area (Å²) in [5.41, 5.74) is 5.43. The first-order chi connectivity index (χ1) is 21.0. The highest BCUT2D eigenvalue weighted by Gasteiger charge is 2.52. The van der Waals surface area contributed by atoms with Gasteiger partial charge in [-0.15, -0.1) is 0 Å². The fourth-order valence-electron chi connectivity index (χ4n) is 4.98. The van der Waals surface area contributed by atoms with Crippen LogP contribution in [0.5, 0.6) is 5.75 Å². The Morgan fingerprint density at radius 3 is 2.82 bits per heavy atom. The molecule has 0 saturated carbocycles. The number of fused-ring (bicyclic) bond motifs is 3. The van der Waals surface area contributed by atoms with Crippen molar-refractivity contribution in [2.75, 3.05) is 18.9 Å². The number of hydrogen-bond donors (Lipinski definition) is 3. The number of aromatic amines is 1. The Labute approximate surface area is 250 Å². The molecule has 232 valence electrons. The summed E-state index contributed by atoms with van der Waals surface area (Å²) in [7, 11) is -4.27. The molecule has 2 unspecified atom stereocenters. The highest BCUT2D eigenvalue weighted by atomic mass is 31.2. The number of carbonyl (C=O) groups is 1. The van der Waals surface area contributed by atoms with E-state index in [1.54, 1.807) is 32.9 Å². The predicted octanol–water partition coefficient (Wildman–Crippen LogP) is 3.28. The molecule has 0 bridgehead atoms. The number of hydrogen-bond acceptors (Lipinski definition) is 12. The van der Waals surface area contributed by atoms with Crippen LogP contribution in [0.15, 0.2) is 59.3 Å². The van der Waals surface area contributed by atoms with E-state index in [2.05, 4.69) is 20.0 Å². The maximum atomic E-state index is 14.3. The molecule has 0 spiro atoms. The summed E-state index contributed by atoms with van der Waals surface area (Å²) >= 11 is 0. The Morgan fingerprint density at radius 1 is 1.25 bits per heavy atom. The van der Waals surface area contributed by atoms with Crippen molar-refractivity contribution in [1.82, 2.24) is 24.6 Å². The number of ether oxygens (including phenoxy) is 4. The Balaban J connectivity index is 1.30. The second-order valence-electron chi connectivity index (χ2n) is 10.6. The van der Waals surface area contributed by atoms with Gasteiger partial charge in [-0.3, -0.25) is 19.1 Å². The largest absolute Gasteiger partial charge is 0.467 e. The molecule has 44 heavy (non-hydrogen) atoms. The van der Waals surface area contributed by atoms with Gasteiger partial charge in [0.15, 0.2) is 29.1 Å². The molecule has 4 atom stereocenters. The Morgan fingerprint density at radius 2 is 2.02 bits per heavy atom. The van der Waals surface area contributed by atoms with E-state index < -0.39 is 43.3 Å². The number of nitrogens with one attached hydrogen (secondary N) is 2. The fourth-order valence-corrected chi connectivity index (χ4v) is 6.50. The first-order valence-electron chi connectivity index (χ1n) is 13.8. The summed E-state index contributed by atoms with van der Waals surface area (Å²) in [4.78, 5) is 35.6. The molecule has 0 aliphatic carbocycles. The molecule has 15 nitrogen and oxygen atoms in total. The van der Waals surface area contributed by atoms with Gasteiger partial charge in [-0.25, -0.2) is 14.1 Å². The van der Waals surface area contributed by atoms with Crippen LogP contribution in [0.1, 0.15) is 27.7 Å². The fraction of sp³-hybridized carbons (Fsp3) is 0.357. The number of nitrogens with zero attached hydrogens (tertiary/aromatic N) is 3. The average Bonchev–Trinajstić information content (AvgIpc) is 3.63. The van der Waals surface area contributed by atoms with Gasteiger partial charge in [0.05, 0.1) is 13.2 Å². The molecule has 2 aliphatic rings. The molecule has 2 aliphatic heterocycles. The van der Waals surface area contributed by atoms with Crippen molar-refractivity contribution in [1.29, 1.82) is 0 Å². The zero-order valence-corrected chi connectivity index (χ0v) is 25.2. The van der Waals surface area contributed by atoms with Crippen molar-refractivity contribution in [3.8, 4) is 5.75 Å². The number of imidazole rings is 1. The van der Waals surface area contributed by atoms with Crippen LogP contribution in [0, 0.1) is 0 Å². The van der Waals surface area contributed by atoms with Gasteiger partial charge < -0.3 is 29.2 Å². The normalized spacial score (nSPS) is 21.0. The third kappa shape index (κ3) is 5.62. The highest BCUT2D eigenvalue weighted by Crippen LogP contribution is 2.49. The topological polar surface area (TPSA) is 191 Å². The van der Waals surface area contributed by atoms with Crippen molar-refractivity contribution in [2.24, 2.45) is 0 Å². The molecule has 16 heteroatoms. The molecule has 0 amide bonds. The quantitative estimate of drug-likeness (QED) is 0.172. The van der Waals surface area contributed by atoms with Crippen molar-refractivity contribution in [2.45, 2.75) is 51.7 Å². The van der Waals surface area contributed by atoms with E-state index in [0.717, 1.165) is 5.39 Å². The molecule has 1 fully saturated rings. The first kappa shape index (κ1) is 29.6. The smallest absolute Gasteiger partial charge is 0.459 e. The van der Waals surface area contributed by atoms with Crippen LogP contribution in [0.25, 0.3) is 27.8 Å². The van der Waals surface area contributed by atoms with Crippen molar-refractivity contribution in [3.63, 3.8) is 0 Å². The minimum atomic E-state index is -4.27. The summed E-state index contributed by atoms with van der Waals surface area (Å²) in [5.74, 6) is -1.08. The monoisotopic (exact) mass is 626 g/mol. The molecule has 4 N–H and O–H groups in total. The minimum absolute atomic E-state index is 0.0375. The zero-order valence-electron chi connectivity index (χ0n) is 24.3. The number of nitrogens with two attached hydrogens (primary N) is 1. The van der Waals surface area contributed by atoms with Gasteiger partial charge in [-0.05, 0) is 25.3 Å². The Kier molecular flexibility index (Phi) is 7.58. The molecular weight excluding hydrogens is 595 g/mol. The lowest BCUT2D eigenvalue weighted by Crippen LogP contribution is -2.37. The van der Waals surface area contributed by atoms with E-state index in [1.165, 1.54) is 17.8 Å². The first-order valence-corrected chi connectivity index (χ1v) is 15.4.